The van der Waals surface area contributed by atoms with Crippen LogP contribution >= 0.6 is 12.4 Å². The largest absolute Gasteiger partial charge is 0.355 e. The number of hydrogen-bond acceptors (Lipinski definition) is 5. The highest BCUT2D eigenvalue weighted by atomic mass is 35.5. The van der Waals surface area contributed by atoms with Crippen molar-refractivity contribution in [3.05, 3.63) is 64.7 Å². The fraction of sp³-hybridized carbons (Fsp3) is 0.250. The van der Waals surface area contributed by atoms with Crippen LogP contribution in [0.5, 0.6) is 0 Å². The van der Waals surface area contributed by atoms with Crippen LogP contribution in [0.25, 0.3) is 28.2 Å². The van der Waals surface area contributed by atoms with E-state index in [9.17, 15) is 4.79 Å². The molecule has 0 atom stereocenters. The van der Waals surface area contributed by atoms with E-state index in [2.05, 4.69) is 20.6 Å². The summed E-state index contributed by atoms with van der Waals surface area (Å²) in [5.74, 6) is 0.903. The van der Waals surface area contributed by atoms with Gasteiger partial charge in [-0.05, 0) is 25.9 Å². The van der Waals surface area contributed by atoms with Crippen LogP contribution in [0.2, 0.25) is 0 Å². The van der Waals surface area contributed by atoms with Crippen LogP contribution in [0.4, 0.5) is 0 Å². The number of aromatic amines is 1. The van der Waals surface area contributed by atoms with Gasteiger partial charge in [0.05, 0.1) is 17.5 Å². The van der Waals surface area contributed by atoms with Gasteiger partial charge in [-0.25, -0.2) is 4.52 Å². The van der Waals surface area contributed by atoms with Crippen molar-refractivity contribution in [2.24, 2.45) is 0 Å². The minimum Gasteiger partial charge on any atom is -0.355 e. The Kier molecular flexibility index (Phi) is 5.02. The molecule has 1 aliphatic rings. The van der Waals surface area contributed by atoms with Crippen LogP contribution in [0.1, 0.15) is 24.5 Å². The second-order valence-electron chi connectivity index (χ2n) is 6.84. The zero-order valence-electron chi connectivity index (χ0n) is 15.1. The molecule has 8 heteroatoms. The molecule has 1 fully saturated rings. The normalized spacial score (nSPS) is 14.9. The third kappa shape index (κ3) is 3.23. The number of piperidine rings is 1. The van der Waals surface area contributed by atoms with Gasteiger partial charge in [0.15, 0.2) is 5.76 Å². The Hall–Kier alpha value is -2.90. The summed E-state index contributed by atoms with van der Waals surface area (Å²) in [6, 6.07) is 13.4. The number of hydrogen-bond donors (Lipinski definition) is 2. The molecule has 7 nitrogen and oxygen atoms in total. The summed E-state index contributed by atoms with van der Waals surface area (Å²) in [7, 11) is 0. The summed E-state index contributed by atoms with van der Waals surface area (Å²) in [5.41, 5.74) is 3.93. The Morgan fingerprint density at radius 1 is 1.11 bits per heavy atom. The fourth-order valence-electron chi connectivity index (χ4n) is 3.75. The number of aromatic nitrogens is 4. The Morgan fingerprint density at radius 3 is 2.68 bits per heavy atom. The molecule has 0 saturated carbocycles. The van der Waals surface area contributed by atoms with Crippen molar-refractivity contribution in [2.45, 2.75) is 18.8 Å². The van der Waals surface area contributed by atoms with Gasteiger partial charge in [-0.3, -0.25) is 4.79 Å². The molecule has 0 bridgehead atoms. The molecule has 0 aliphatic carbocycles. The molecular weight excluding hydrogens is 378 g/mol. The maximum Gasteiger partial charge on any atom is 0.251 e. The van der Waals surface area contributed by atoms with Crippen molar-refractivity contribution in [2.75, 3.05) is 13.1 Å². The lowest BCUT2D eigenvalue weighted by molar-refractivity contribution is 0.435. The zero-order chi connectivity index (χ0) is 18.2. The summed E-state index contributed by atoms with van der Waals surface area (Å²) >= 11 is 0. The second kappa shape index (κ2) is 7.61. The maximum absolute atomic E-state index is 12.3. The van der Waals surface area contributed by atoms with Crippen LogP contribution in [0.3, 0.4) is 0 Å². The minimum absolute atomic E-state index is 0. The van der Waals surface area contributed by atoms with Crippen LogP contribution in [0.15, 0.2) is 58.0 Å². The Morgan fingerprint density at radius 2 is 1.89 bits per heavy atom. The molecule has 5 rings (SSSR count). The second-order valence-corrected chi connectivity index (χ2v) is 6.84. The fourth-order valence-corrected chi connectivity index (χ4v) is 3.75. The van der Waals surface area contributed by atoms with Gasteiger partial charge in [-0.2, -0.15) is 5.10 Å². The molecule has 1 saturated heterocycles. The zero-order valence-corrected chi connectivity index (χ0v) is 15.9. The first-order chi connectivity index (χ1) is 13.3. The Balaban J connectivity index is 0.00000192. The van der Waals surface area contributed by atoms with E-state index in [1.54, 1.807) is 12.3 Å². The van der Waals surface area contributed by atoms with Crippen molar-refractivity contribution >= 4 is 18.1 Å². The molecule has 1 aromatic carbocycles. The molecule has 4 aromatic rings. The molecule has 0 unspecified atom stereocenters. The van der Waals surface area contributed by atoms with Crippen molar-refractivity contribution in [3.63, 3.8) is 0 Å². The molecule has 0 radical (unpaired) electrons. The van der Waals surface area contributed by atoms with Crippen LogP contribution in [-0.2, 0) is 0 Å². The molecule has 2 N–H and O–H groups in total. The standard InChI is InChI=1S/C20H19N5O2.ClH/c26-19-11-17(14-6-8-21-9-7-14)25-20(23-19)15(12-22-25)18-10-16(24-27-18)13-4-2-1-3-5-13;/h1-5,10-12,14,21H,6-9H2,(H,23,26);1H. The van der Waals surface area contributed by atoms with Crippen molar-refractivity contribution in [3.8, 4) is 22.6 Å². The molecule has 144 valence electrons. The smallest absolute Gasteiger partial charge is 0.251 e. The average Bonchev–Trinajstić information content (AvgIpc) is 3.35. The highest BCUT2D eigenvalue weighted by Gasteiger charge is 2.22. The molecule has 28 heavy (non-hydrogen) atoms. The first-order valence-corrected chi connectivity index (χ1v) is 9.14. The van der Waals surface area contributed by atoms with Crippen molar-refractivity contribution < 1.29 is 4.52 Å². The maximum atomic E-state index is 12.3. The quantitative estimate of drug-likeness (QED) is 0.554. The van der Waals surface area contributed by atoms with Gasteiger partial charge in [-0.1, -0.05) is 35.5 Å². The van der Waals surface area contributed by atoms with Gasteiger partial charge < -0.3 is 14.8 Å². The predicted molar refractivity (Wildman–Crippen MR) is 109 cm³/mol. The molecule has 3 aromatic heterocycles. The SMILES string of the molecule is Cl.O=c1cc(C2CCNCC2)n2ncc(-c3cc(-c4ccccc4)no3)c2[nH]1. The lowest BCUT2D eigenvalue weighted by atomic mass is 9.94. The molecule has 1 aliphatic heterocycles. The molecular formula is C20H20ClN5O2. The minimum atomic E-state index is -0.124. The molecule has 4 heterocycles. The first-order valence-electron chi connectivity index (χ1n) is 9.14. The van der Waals surface area contributed by atoms with Crippen molar-refractivity contribution in [1.29, 1.82) is 0 Å². The highest BCUT2D eigenvalue weighted by molar-refractivity contribution is 5.85. The number of rotatable bonds is 3. The summed E-state index contributed by atoms with van der Waals surface area (Å²) in [6.45, 7) is 1.91. The van der Waals surface area contributed by atoms with Crippen LogP contribution in [-0.4, -0.2) is 32.8 Å². The van der Waals surface area contributed by atoms with E-state index in [4.69, 9.17) is 4.52 Å². The lowest BCUT2D eigenvalue weighted by Crippen LogP contribution is -2.28. The van der Waals surface area contributed by atoms with Gasteiger partial charge in [-0.15, -0.1) is 12.4 Å². The van der Waals surface area contributed by atoms with Gasteiger partial charge in [0.2, 0.25) is 0 Å². The predicted octanol–water partition coefficient (Wildman–Crippen LogP) is 3.23. The summed E-state index contributed by atoms with van der Waals surface area (Å²) in [6.07, 6.45) is 3.72. The van der Waals surface area contributed by atoms with Crippen LogP contribution < -0.4 is 10.9 Å². The summed E-state index contributed by atoms with van der Waals surface area (Å²) in [4.78, 5) is 15.2. The average molecular weight is 398 g/mol. The Labute approximate surface area is 167 Å². The number of halogens is 1. The van der Waals surface area contributed by atoms with E-state index < -0.39 is 0 Å². The first kappa shape index (κ1) is 18.5. The summed E-state index contributed by atoms with van der Waals surface area (Å²) < 4.78 is 7.39. The molecule has 0 spiro atoms. The molecule has 0 amide bonds. The van der Waals surface area contributed by atoms with Gasteiger partial charge in [0.25, 0.3) is 5.56 Å². The van der Waals surface area contributed by atoms with E-state index in [0.29, 0.717) is 17.3 Å². The van der Waals surface area contributed by atoms with E-state index >= 15 is 0 Å². The van der Waals surface area contributed by atoms with Gasteiger partial charge >= 0.3 is 0 Å². The van der Waals surface area contributed by atoms with E-state index in [1.165, 1.54) is 0 Å². The number of nitrogens with zero attached hydrogens (tertiary/aromatic N) is 3. The number of benzene rings is 1. The number of H-pyrrole nitrogens is 1. The van der Waals surface area contributed by atoms with Crippen molar-refractivity contribution in [1.82, 2.24) is 25.1 Å². The third-order valence-electron chi connectivity index (χ3n) is 5.14. The number of nitrogens with one attached hydrogen (secondary N) is 2. The van der Waals surface area contributed by atoms with Gasteiger partial charge in [0.1, 0.15) is 11.3 Å². The van der Waals surface area contributed by atoms with E-state index in [0.717, 1.165) is 48.4 Å². The van der Waals surface area contributed by atoms with Crippen LogP contribution in [0, 0.1) is 0 Å². The van der Waals surface area contributed by atoms with E-state index in [1.807, 2.05) is 40.9 Å². The monoisotopic (exact) mass is 397 g/mol. The van der Waals surface area contributed by atoms with Gasteiger partial charge in [0, 0.05) is 23.6 Å². The highest BCUT2D eigenvalue weighted by Crippen LogP contribution is 2.30. The topological polar surface area (TPSA) is 88.2 Å². The lowest BCUT2D eigenvalue weighted by Gasteiger charge is -2.23. The summed E-state index contributed by atoms with van der Waals surface area (Å²) in [5, 5.41) is 12.1. The Bertz CT molecular complexity index is 1140. The number of fused-ring (bicyclic) bond motifs is 1. The van der Waals surface area contributed by atoms with E-state index in [-0.39, 0.29) is 18.0 Å². The third-order valence-corrected chi connectivity index (χ3v) is 5.14.